The second kappa shape index (κ2) is 7.77. The van der Waals surface area contributed by atoms with E-state index in [-0.39, 0.29) is 0 Å². The van der Waals surface area contributed by atoms with Crippen molar-refractivity contribution in [2.24, 2.45) is 5.41 Å². The highest BCUT2D eigenvalue weighted by Gasteiger charge is 2.26. The van der Waals surface area contributed by atoms with E-state index in [1.807, 2.05) is 12.1 Å². The Hall–Kier alpha value is 0.280. The van der Waals surface area contributed by atoms with Crippen molar-refractivity contribution >= 4 is 39.1 Å². The molecule has 0 nitrogen and oxygen atoms in total. The molecule has 0 saturated heterocycles. The standard InChI is InChI=1S/C15H21BrCl2/c1-3-5-8-15(4-2,11-16)10-12-6-7-13(17)14(18)9-12/h6-7,9H,3-5,8,10-11H2,1-2H3. The third-order valence-corrected chi connectivity index (χ3v) is 5.59. The number of unbranched alkanes of at least 4 members (excludes halogenated alkanes) is 1. The second-order valence-electron chi connectivity index (χ2n) is 5.02. The first-order valence-electron chi connectivity index (χ1n) is 6.57. The van der Waals surface area contributed by atoms with Gasteiger partial charge in [-0.2, -0.15) is 0 Å². The molecule has 0 N–H and O–H groups in total. The molecule has 102 valence electrons. The Labute approximate surface area is 129 Å². The maximum absolute atomic E-state index is 6.09. The van der Waals surface area contributed by atoms with Gasteiger partial charge in [0.1, 0.15) is 0 Å². The van der Waals surface area contributed by atoms with Crippen LogP contribution in [0.3, 0.4) is 0 Å². The van der Waals surface area contributed by atoms with Crippen molar-refractivity contribution in [1.82, 2.24) is 0 Å². The summed E-state index contributed by atoms with van der Waals surface area (Å²) in [4.78, 5) is 0. The molecule has 1 rings (SSSR count). The molecule has 1 aromatic rings. The largest absolute Gasteiger partial charge is 0.0922 e. The van der Waals surface area contributed by atoms with Gasteiger partial charge >= 0.3 is 0 Å². The Morgan fingerprint density at radius 3 is 2.39 bits per heavy atom. The average Bonchev–Trinajstić information content (AvgIpc) is 2.39. The zero-order valence-corrected chi connectivity index (χ0v) is 14.2. The minimum Gasteiger partial charge on any atom is -0.0922 e. The van der Waals surface area contributed by atoms with Crippen LogP contribution in [-0.2, 0) is 6.42 Å². The third-order valence-electron chi connectivity index (χ3n) is 3.66. The van der Waals surface area contributed by atoms with Crippen molar-refractivity contribution in [3.8, 4) is 0 Å². The first-order valence-corrected chi connectivity index (χ1v) is 8.44. The van der Waals surface area contributed by atoms with E-state index in [9.17, 15) is 0 Å². The topological polar surface area (TPSA) is 0 Å². The summed E-state index contributed by atoms with van der Waals surface area (Å²) >= 11 is 15.7. The first kappa shape index (κ1) is 16.3. The van der Waals surface area contributed by atoms with Gasteiger partial charge in [0.05, 0.1) is 10.0 Å². The van der Waals surface area contributed by atoms with Crippen molar-refractivity contribution in [2.75, 3.05) is 5.33 Å². The molecule has 0 amide bonds. The minimum atomic E-state index is 0.340. The number of alkyl halides is 1. The number of hydrogen-bond acceptors (Lipinski definition) is 0. The molecule has 0 bridgehead atoms. The fourth-order valence-electron chi connectivity index (χ4n) is 2.23. The van der Waals surface area contributed by atoms with E-state index in [0.717, 1.165) is 11.8 Å². The van der Waals surface area contributed by atoms with Gasteiger partial charge < -0.3 is 0 Å². The Kier molecular flexibility index (Phi) is 7.05. The van der Waals surface area contributed by atoms with Gasteiger partial charge in [-0.25, -0.2) is 0 Å². The predicted molar refractivity (Wildman–Crippen MR) is 86.2 cm³/mol. The lowest BCUT2D eigenvalue weighted by Crippen LogP contribution is -2.25. The van der Waals surface area contributed by atoms with E-state index in [1.165, 1.54) is 31.2 Å². The van der Waals surface area contributed by atoms with Crippen molar-refractivity contribution in [3.05, 3.63) is 33.8 Å². The smallest absolute Gasteiger partial charge is 0.0595 e. The summed E-state index contributed by atoms with van der Waals surface area (Å²) in [6.07, 6.45) is 6.02. The lowest BCUT2D eigenvalue weighted by Gasteiger charge is -2.31. The van der Waals surface area contributed by atoms with E-state index < -0.39 is 0 Å². The van der Waals surface area contributed by atoms with Gasteiger partial charge in [-0.15, -0.1) is 0 Å². The highest BCUT2D eigenvalue weighted by molar-refractivity contribution is 9.09. The molecule has 0 spiro atoms. The predicted octanol–water partition coefficient (Wildman–Crippen LogP) is 6.52. The molecule has 0 radical (unpaired) electrons. The van der Waals surface area contributed by atoms with E-state index >= 15 is 0 Å². The molecule has 0 heterocycles. The highest BCUT2D eigenvalue weighted by atomic mass is 79.9. The number of halogens is 3. The van der Waals surface area contributed by atoms with Gasteiger partial charge in [0, 0.05) is 5.33 Å². The molecular weight excluding hydrogens is 331 g/mol. The van der Waals surface area contributed by atoms with E-state index in [0.29, 0.717) is 15.5 Å². The zero-order valence-electron chi connectivity index (χ0n) is 11.1. The van der Waals surface area contributed by atoms with Gasteiger partial charge in [-0.05, 0) is 42.4 Å². The maximum atomic E-state index is 6.09. The fourth-order valence-corrected chi connectivity index (χ4v) is 3.43. The SMILES string of the molecule is CCCCC(CC)(CBr)Cc1ccc(Cl)c(Cl)c1. The molecule has 1 unspecified atom stereocenters. The molecule has 0 aromatic heterocycles. The van der Waals surface area contributed by atoms with Crippen LogP contribution in [0.1, 0.15) is 45.1 Å². The lowest BCUT2D eigenvalue weighted by atomic mass is 9.77. The molecule has 0 fully saturated rings. The monoisotopic (exact) mass is 350 g/mol. The van der Waals surface area contributed by atoms with Crippen LogP contribution < -0.4 is 0 Å². The third kappa shape index (κ3) is 4.43. The van der Waals surface area contributed by atoms with Gasteiger partial charge in [0.2, 0.25) is 0 Å². The van der Waals surface area contributed by atoms with Crippen LogP contribution in [0.25, 0.3) is 0 Å². The van der Waals surface area contributed by atoms with Gasteiger partial charge in [-0.3, -0.25) is 0 Å². The van der Waals surface area contributed by atoms with Gasteiger partial charge in [0.15, 0.2) is 0 Å². The fraction of sp³-hybridized carbons (Fsp3) is 0.600. The Morgan fingerprint density at radius 1 is 1.17 bits per heavy atom. The summed E-state index contributed by atoms with van der Waals surface area (Å²) in [5.74, 6) is 0. The normalized spacial score (nSPS) is 14.5. The van der Waals surface area contributed by atoms with Crippen molar-refractivity contribution in [2.45, 2.75) is 46.0 Å². The summed E-state index contributed by atoms with van der Waals surface area (Å²) in [5.41, 5.74) is 1.62. The summed E-state index contributed by atoms with van der Waals surface area (Å²) in [7, 11) is 0. The van der Waals surface area contributed by atoms with E-state index in [4.69, 9.17) is 23.2 Å². The van der Waals surface area contributed by atoms with Crippen LogP contribution in [0, 0.1) is 5.41 Å². The molecule has 0 saturated carbocycles. The molecule has 3 heteroatoms. The van der Waals surface area contributed by atoms with Gasteiger partial charge in [-0.1, -0.05) is 71.9 Å². The van der Waals surface area contributed by atoms with E-state index in [1.54, 1.807) is 0 Å². The van der Waals surface area contributed by atoms with Crippen LogP contribution in [-0.4, -0.2) is 5.33 Å². The molecule has 0 aliphatic heterocycles. The Morgan fingerprint density at radius 2 is 1.89 bits per heavy atom. The highest BCUT2D eigenvalue weighted by Crippen LogP contribution is 2.36. The molecule has 1 atom stereocenters. The molecule has 0 aliphatic carbocycles. The summed E-state index contributed by atoms with van der Waals surface area (Å²) in [5, 5.41) is 2.33. The molecule has 0 aliphatic rings. The summed E-state index contributed by atoms with van der Waals surface area (Å²) < 4.78 is 0. The number of rotatable bonds is 7. The molecular formula is C15H21BrCl2. The second-order valence-corrected chi connectivity index (χ2v) is 6.39. The van der Waals surface area contributed by atoms with Crippen LogP contribution in [0.15, 0.2) is 18.2 Å². The van der Waals surface area contributed by atoms with Crippen molar-refractivity contribution < 1.29 is 0 Å². The van der Waals surface area contributed by atoms with Crippen LogP contribution in [0.5, 0.6) is 0 Å². The van der Waals surface area contributed by atoms with E-state index in [2.05, 4.69) is 35.8 Å². The Balaban J connectivity index is 2.84. The number of benzene rings is 1. The first-order chi connectivity index (χ1) is 8.56. The Bertz CT molecular complexity index is 373. The molecule has 18 heavy (non-hydrogen) atoms. The van der Waals surface area contributed by atoms with Gasteiger partial charge in [0.25, 0.3) is 0 Å². The maximum Gasteiger partial charge on any atom is 0.0595 e. The van der Waals surface area contributed by atoms with Crippen LogP contribution in [0.2, 0.25) is 10.0 Å². The van der Waals surface area contributed by atoms with Crippen molar-refractivity contribution in [3.63, 3.8) is 0 Å². The average molecular weight is 352 g/mol. The summed E-state index contributed by atoms with van der Waals surface area (Å²) in [6, 6.07) is 5.99. The van der Waals surface area contributed by atoms with Crippen molar-refractivity contribution in [1.29, 1.82) is 0 Å². The minimum absolute atomic E-state index is 0.340. The summed E-state index contributed by atoms with van der Waals surface area (Å²) in [6.45, 7) is 4.52. The van der Waals surface area contributed by atoms with Crippen LogP contribution >= 0.6 is 39.1 Å². The lowest BCUT2D eigenvalue weighted by molar-refractivity contribution is 0.284. The number of hydrogen-bond donors (Lipinski definition) is 0. The van der Waals surface area contributed by atoms with Crippen LogP contribution in [0.4, 0.5) is 0 Å². The quantitative estimate of drug-likeness (QED) is 0.490. The molecule has 1 aromatic carbocycles. The zero-order chi connectivity index (χ0) is 13.6.